The van der Waals surface area contributed by atoms with Crippen molar-refractivity contribution in [3.05, 3.63) is 84.9 Å². The van der Waals surface area contributed by atoms with Gasteiger partial charge in [-0.3, -0.25) is 4.72 Å². The van der Waals surface area contributed by atoms with Gasteiger partial charge in [-0.25, -0.2) is 23.1 Å². The normalized spacial score (nSPS) is 10.9. The van der Waals surface area contributed by atoms with Crippen LogP contribution in [0.4, 0.5) is 17.2 Å². The lowest BCUT2D eigenvalue weighted by molar-refractivity contribution is 0.601. The summed E-state index contributed by atoms with van der Waals surface area (Å²) in [7, 11) is -3.75. The van der Waals surface area contributed by atoms with Crippen LogP contribution < -0.4 is 10.0 Å². The molecular weight excluding hydrogens is 402 g/mol. The third-order valence-corrected chi connectivity index (χ3v) is 5.49. The van der Waals surface area contributed by atoms with Crippen LogP contribution in [0.1, 0.15) is 5.56 Å². The minimum atomic E-state index is -3.75. The Balaban J connectivity index is 1.47. The molecule has 9 nitrogen and oxygen atoms in total. The summed E-state index contributed by atoms with van der Waals surface area (Å²) in [6, 6.07) is 17.9. The molecule has 4 rings (SSSR count). The van der Waals surface area contributed by atoms with Gasteiger partial charge >= 0.3 is 0 Å². The van der Waals surface area contributed by atoms with E-state index >= 15 is 0 Å². The van der Waals surface area contributed by atoms with Gasteiger partial charge in [0, 0.05) is 29.8 Å². The number of hydrogen-bond donors (Lipinski definition) is 2. The van der Waals surface area contributed by atoms with Crippen LogP contribution in [0.3, 0.4) is 0 Å². The molecule has 2 heterocycles. The molecular formula is C20H15N7O2S. The van der Waals surface area contributed by atoms with Gasteiger partial charge < -0.3 is 5.32 Å². The van der Waals surface area contributed by atoms with Crippen LogP contribution in [0, 0.1) is 11.3 Å². The maximum absolute atomic E-state index is 12.5. The van der Waals surface area contributed by atoms with Crippen LogP contribution >= 0.6 is 0 Å². The first kappa shape index (κ1) is 19.1. The second-order valence-corrected chi connectivity index (χ2v) is 7.84. The maximum atomic E-state index is 12.5. The van der Waals surface area contributed by atoms with E-state index in [1.54, 1.807) is 53.5 Å². The van der Waals surface area contributed by atoms with E-state index in [4.69, 9.17) is 5.26 Å². The minimum absolute atomic E-state index is 0.0795. The molecule has 0 saturated carbocycles. The van der Waals surface area contributed by atoms with Crippen molar-refractivity contribution in [2.24, 2.45) is 0 Å². The van der Waals surface area contributed by atoms with Crippen LogP contribution in [0.5, 0.6) is 0 Å². The van der Waals surface area contributed by atoms with Crippen LogP contribution in [0.15, 0.2) is 84.3 Å². The molecule has 0 saturated heterocycles. The van der Waals surface area contributed by atoms with E-state index in [1.165, 1.54) is 30.6 Å². The van der Waals surface area contributed by atoms with Gasteiger partial charge in [-0.05, 0) is 54.6 Å². The molecule has 30 heavy (non-hydrogen) atoms. The molecule has 0 aliphatic heterocycles. The molecule has 0 bridgehead atoms. The van der Waals surface area contributed by atoms with E-state index in [2.05, 4.69) is 25.1 Å². The zero-order valence-corrected chi connectivity index (χ0v) is 16.3. The molecule has 0 radical (unpaired) electrons. The van der Waals surface area contributed by atoms with E-state index in [-0.39, 0.29) is 4.90 Å². The molecule has 0 fully saturated rings. The Kier molecular flexibility index (Phi) is 5.11. The first-order valence-electron chi connectivity index (χ1n) is 8.76. The quantitative estimate of drug-likeness (QED) is 0.494. The summed E-state index contributed by atoms with van der Waals surface area (Å²) < 4.78 is 29.1. The summed E-state index contributed by atoms with van der Waals surface area (Å²) in [5.74, 6) is 1.19. The number of nitrogens with zero attached hydrogens (tertiary/aromatic N) is 5. The van der Waals surface area contributed by atoms with Crippen molar-refractivity contribution in [3.8, 4) is 11.9 Å². The second kappa shape index (κ2) is 8.02. The van der Waals surface area contributed by atoms with Gasteiger partial charge in [0.15, 0.2) is 5.82 Å². The highest BCUT2D eigenvalue weighted by molar-refractivity contribution is 7.92. The number of anilines is 3. The fourth-order valence-electron chi connectivity index (χ4n) is 2.64. The molecule has 0 amide bonds. The first-order valence-corrected chi connectivity index (χ1v) is 10.2. The molecule has 2 N–H and O–H groups in total. The lowest BCUT2D eigenvalue weighted by atomic mass is 10.2. The standard InChI is InChI=1S/C20H15N7O2S/c21-13-15-2-8-18(9-3-15)30(28,29)26-17-6-4-16(5-7-17)25-19-12-20(23-14-22-19)27-11-1-10-24-27/h1-12,14,26H,(H,22,23,25). The van der Waals surface area contributed by atoms with Crippen molar-refractivity contribution in [1.29, 1.82) is 5.26 Å². The predicted molar refractivity (Wildman–Crippen MR) is 111 cm³/mol. The van der Waals surface area contributed by atoms with Gasteiger partial charge in [0.2, 0.25) is 0 Å². The highest BCUT2D eigenvalue weighted by Gasteiger charge is 2.14. The number of nitriles is 1. The van der Waals surface area contributed by atoms with E-state index in [0.717, 1.165) is 5.69 Å². The van der Waals surface area contributed by atoms with E-state index < -0.39 is 10.0 Å². The second-order valence-electron chi connectivity index (χ2n) is 6.16. The van der Waals surface area contributed by atoms with Crippen LogP contribution in [0.25, 0.3) is 5.82 Å². The Labute approximate surface area is 172 Å². The molecule has 2 aromatic carbocycles. The van der Waals surface area contributed by atoms with Crippen LogP contribution in [-0.2, 0) is 10.0 Å². The Morgan fingerprint density at radius 3 is 2.37 bits per heavy atom. The molecule has 0 aliphatic carbocycles. The van der Waals surface area contributed by atoms with Crippen molar-refractivity contribution in [1.82, 2.24) is 19.7 Å². The molecule has 0 aliphatic rings. The van der Waals surface area contributed by atoms with Gasteiger partial charge in [0.1, 0.15) is 12.1 Å². The first-order chi connectivity index (χ1) is 14.5. The van der Waals surface area contributed by atoms with Crippen LogP contribution in [0.2, 0.25) is 0 Å². The van der Waals surface area contributed by atoms with Crippen molar-refractivity contribution in [2.45, 2.75) is 4.90 Å². The van der Waals surface area contributed by atoms with Crippen molar-refractivity contribution >= 4 is 27.2 Å². The molecule has 2 aromatic heterocycles. The zero-order chi connectivity index (χ0) is 21.0. The molecule has 10 heteroatoms. The third kappa shape index (κ3) is 4.26. The van der Waals surface area contributed by atoms with Gasteiger partial charge in [0.05, 0.1) is 16.5 Å². The van der Waals surface area contributed by atoms with Gasteiger partial charge in [0.25, 0.3) is 10.0 Å². The largest absolute Gasteiger partial charge is 0.340 e. The van der Waals surface area contributed by atoms with Gasteiger partial charge in [-0.2, -0.15) is 10.4 Å². The Morgan fingerprint density at radius 1 is 0.967 bits per heavy atom. The summed E-state index contributed by atoms with van der Waals surface area (Å²) in [6.45, 7) is 0. The predicted octanol–water partition coefficient (Wildman–Crippen LogP) is 3.08. The molecule has 4 aromatic rings. The summed E-state index contributed by atoms with van der Waals surface area (Å²) in [6.07, 6.45) is 4.87. The van der Waals surface area contributed by atoms with Gasteiger partial charge in [-0.15, -0.1) is 0 Å². The lowest BCUT2D eigenvalue weighted by Gasteiger charge is -2.10. The van der Waals surface area contributed by atoms with Crippen LogP contribution in [-0.4, -0.2) is 28.2 Å². The molecule has 0 atom stereocenters. The summed E-state index contributed by atoms with van der Waals surface area (Å²) in [5, 5.41) is 16.1. The van der Waals surface area contributed by atoms with E-state index in [9.17, 15) is 8.42 Å². The van der Waals surface area contributed by atoms with E-state index in [1.807, 2.05) is 6.07 Å². The number of rotatable bonds is 6. The fourth-order valence-corrected chi connectivity index (χ4v) is 3.70. The number of sulfonamides is 1. The summed E-state index contributed by atoms with van der Waals surface area (Å²) in [5.41, 5.74) is 1.52. The highest BCUT2D eigenvalue weighted by atomic mass is 32.2. The topological polar surface area (TPSA) is 126 Å². The van der Waals surface area contributed by atoms with E-state index in [0.29, 0.717) is 22.9 Å². The fraction of sp³-hybridized carbons (Fsp3) is 0. The average Bonchev–Trinajstić information content (AvgIpc) is 3.30. The summed E-state index contributed by atoms with van der Waals surface area (Å²) in [4.78, 5) is 8.43. The molecule has 148 valence electrons. The van der Waals surface area contributed by atoms with Gasteiger partial charge in [-0.1, -0.05) is 0 Å². The third-order valence-electron chi connectivity index (χ3n) is 4.10. The highest BCUT2D eigenvalue weighted by Crippen LogP contribution is 2.21. The molecule has 0 spiro atoms. The van der Waals surface area contributed by atoms with Crippen molar-refractivity contribution < 1.29 is 8.42 Å². The average molecular weight is 417 g/mol. The van der Waals surface area contributed by atoms with Crippen molar-refractivity contribution in [2.75, 3.05) is 10.0 Å². The number of nitrogens with one attached hydrogen (secondary N) is 2. The lowest BCUT2D eigenvalue weighted by Crippen LogP contribution is -2.12. The number of benzene rings is 2. The molecule has 0 unspecified atom stereocenters. The SMILES string of the molecule is N#Cc1ccc(S(=O)(=O)Nc2ccc(Nc3cc(-n4cccn4)ncn3)cc2)cc1. The summed E-state index contributed by atoms with van der Waals surface area (Å²) >= 11 is 0. The smallest absolute Gasteiger partial charge is 0.261 e. The Morgan fingerprint density at radius 2 is 1.70 bits per heavy atom. The number of aromatic nitrogens is 4. The minimum Gasteiger partial charge on any atom is -0.340 e. The Hall–Kier alpha value is -4.23. The zero-order valence-electron chi connectivity index (χ0n) is 15.5. The Bertz CT molecular complexity index is 1290. The monoisotopic (exact) mass is 417 g/mol. The maximum Gasteiger partial charge on any atom is 0.261 e. The number of hydrogen-bond acceptors (Lipinski definition) is 7. The van der Waals surface area contributed by atoms with Crippen molar-refractivity contribution in [3.63, 3.8) is 0 Å².